The third kappa shape index (κ3) is 4.61. The van der Waals surface area contributed by atoms with Crippen molar-refractivity contribution in [1.29, 1.82) is 0 Å². The first kappa shape index (κ1) is 17.9. The Morgan fingerprint density at radius 1 is 1.04 bits per heavy atom. The van der Waals surface area contributed by atoms with E-state index in [1.807, 2.05) is 63.2 Å². The largest absolute Gasteiger partial charge is 0.491 e. The Labute approximate surface area is 157 Å². The van der Waals surface area contributed by atoms with Gasteiger partial charge in [-0.05, 0) is 62.7 Å². The van der Waals surface area contributed by atoms with E-state index >= 15 is 0 Å². The molecular formula is C19H20ClN5O. The summed E-state index contributed by atoms with van der Waals surface area (Å²) in [4.78, 5) is 4.43. The van der Waals surface area contributed by atoms with E-state index < -0.39 is 0 Å². The number of hydrogen-bond donors (Lipinski definition) is 2. The number of halogens is 1. The fourth-order valence-electron chi connectivity index (χ4n) is 2.32. The van der Waals surface area contributed by atoms with E-state index in [1.165, 1.54) is 0 Å². The molecule has 26 heavy (non-hydrogen) atoms. The zero-order valence-electron chi connectivity index (χ0n) is 14.8. The van der Waals surface area contributed by atoms with E-state index in [0.29, 0.717) is 16.8 Å². The molecule has 0 aliphatic rings. The van der Waals surface area contributed by atoms with Crippen molar-refractivity contribution in [2.24, 2.45) is 0 Å². The highest BCUT2D eigenvalue weighted by atomic mass is 35.5. The molecule has 0 aliphatic carbocycles. The second-order valence-electron chi connectivity index (χ2n) is 6.02. The highest BCUT2D eigenvalue weighted by Gasteiger charge is 2.06. The summed E-state index contributed by atoms with van der Waals surface area (Å²) in [7, 11) is 0. The zero-order valence-corrected chi connectivity index (χ0v) is 15.6. The summed E-state index contributed by atoms with van der Waals surface area (Å²) in [5.74, 6) is 1.80. The molecular weight excluding hydrogens is 350 g/mol. The van der Waals surface area contributed by atoms with Gasteiger partial charge in [-0.25, -0.2) is 0 Å². The second kappa shape index (κ2) is 8.01. The molecule has 3 rings (SSSR count). The molecule has 0 unspecified atom stereocenters. The number of anilines is 4. The molecule has 0 saturated heterocycles. The maximum atomic E-state index is 6.14. The van der Waals surface area contributed by atoms with Gasteiger partial charge in [-0.15, -0.1) is 5.10 Å². The molecule has 0 amide bonds. The summed E-state index contributed by atoms with van der Waals surface area (Å²) in [6.07, 6.45) is 1.71. The van der Waals surface area contributed by atoms with Gasteiger partial charge >= 0.3 is 0 Å². The van der Waals surface area contributed by atoms with Crippen LogP contribution in [0.4, 0.5) is 23.1 Å². The molecule has 7 heteroatoms. The van der Waals surface area contributed by atoms with Crippen LogP contribution in [0.2, 0.25) is 5.02 Å². The van der Waals surface area contributed by atoms with Gasteiger partial charge in [-0.3, -0.25) is 0 Å². The molecule has 6 nitrogen and oxygen atoms in total. The van der Waals surface area contributed by atoms with E-state index in [2.05, 4.69) is 25.8 Å². The average molecular weight is 370 g/mol. The first-order valence-corrected chi connectivity index (χ1v) is 8.64. The zero-order chi connectivity index (χ0) is 18.5. The Bertz CT molecular complexity index is 883. The fourth-order valence-corrected chi connectivity index (χ4v) is 2.49. The van der Waals surface area contributed by atoms with Gasteiger partial charge in [0, 0.05) is 16.4 Å². The van der Waals surface area contributed by atoms with Crippen LogP contribution in [0, 0.1) is 6.92 Å². The third-order valence-corrected chi connectivity index (χ3v) is 3.98. The molecule has 0 fully saturated rings. The Hall–Kier alpha value is -2.86. The summed E-state index contributed by atoms with van der Waals surface area (Å²) in [6.45, 7) is 5.92. The van der Waals surface area contributed by atoms with E-state index in [9.17, 15) is 0 Å². The van der Waals surface area contributed by atoms with Gasteiger partial charge in [-0.2, -0.15) is 10.1 Å². The van der Waals surface area contributed by atoms with E-state index in [0.717, 1.165) is 22.7 Å². The number of nitrogens with zero attached hydrogens (tertiary/aromatic N) is 3. The Morgan fingerprint density at radius 3 is 2.54 bits per heavy atom. The summed E-state index contributed by atoms with van der Waals surface area (Å²) in [5.41, 5.74) is 2.65. The molecule has 0 atom stereocenters. The van der Waals surface area contributed by atoms with Gasteiger partial charge in [0.15, 0.2) is 5.82 Å². The van der Waals surface area contributed by atoms with Crippen LogP contribution in [0.15, 0.2) is 48.7 Å². The molecule has 0 spiro atoms. The van der Waals surface area contributed by atoms with Crippen molar-refractivity contribution in [2.45, 2.75) is 26.9 Å². The SMILES string of the molecule is Cc1c(Cl)cccc1Nc1nncc(Nc2ccc(OC(C)C)cc2)n1. The number of nitrogens with one attached hydrogen (secondary N) is 2. The fraction of sp³-hybridized carbons (Fsp3) is 0.211. The minimum atomic E-state index is 0.142. The predicted octanol–water partition coefficient (Wildman–Crippen LogP) is 5.11. The topological polar surface area (TPSA) is 72.0 Å². The summed E-state index contributed by atoms with van der Waals surface area (Å²) >= 11 is 6.14. The highest BCUT2D eigenvalue weighted by Crippen LogP contribution is 2.25. The van der Waals surface area contributed by atoms with Gasteiger partial charge in [0.05, 0.1) is 12.3 Å². The van der Waals surface area contributed by atoms with Crippen molar-refractivity contribution < 1.29 is 4.74 Å². The predicted molar refractivity (Wildman–Crippen MR) is 105 cm³/mol. The van der Waals surface area contributed by atoms with Crippen molar-refractivity contribution >= 4 is 34.7 Å². The Balaban J connectivity index is 1.72. The number of hydrogen-bond acceptors (Lipinski definition) is 6. The van der Waals surface area contributed by atoms with Crippen LogP contribution < -0.4 is 15.4 Å². The van der Waals surface area contributed by atoms with Crippen molar-refractivity contribution in [3.63, 3.8) is 0 Å². The maximum Gasteiger partial charge on any atom is 0.249 e. The lowest BCUT2D eigenvalue weighted by molar-refractivity contribution is 0.242. The minimum Gasteiger partial charge on any atom is -0.491 e. The van der Waals surface area contributed by atoms with Gasteiger partial charge < -0.3 is 15.4 Å². The van der Waals surface area contributed by atoms with Crippen LogP contribution in [0.1, 0.15) is 19.4 Å². The smallest absolute Gasteiger partial charge is 0.249 e. The molecule has 1 aromatic heterocycles. The molecule has 134 valence electrons. The van der Waals surface area contributed by atoms with Crippen LogP contribution in [-0.4, -0.2) is 21.3 Å². The van der Waals surface area contributed by atoms with Crippen molar-refractivity contribution in [1.82, 2.24) is 15.2 Å². The molecule has 0 saturated carbocycles. The van der Waals surface area contributed by atoms with Crippen LogP contribution in [0.25, 0.3) is 0 Å². The lowest BCUT2D eigenvalue weighted by Crippen LogP contribution is -2.05. The highest BCUT2D eigenvalue weighted by molar-refractivity contribution is 6.31. The Morgan fingerprint density at radius 2 is 1.81 bits per heavy atom. The van der Waals surface area contributed by atoms with Crippen LogP contribution in [0.5, 0.6) is 5.75 Å². The first-order valence-electron chi connectivity index (χ1n) is 8.27. The second-order valence-corrected chi connectivity index (χ2v) is 6.43. The summed E-state index contributed by atoms with van der Waals surface area (Å²) in [5, 5.41) is 15.0. The lowest BCUT2D eigenvalue weighted by Gasteiger charge is -2.12. The standard InChI is InChI=1S/C19H20ClN5O/c1-12(2)26-15-9-7-14(8-10-15)22-18-11-21-25-19(24-18)23-17-6-4-5-16(20)13(17)3/h4-12H,1-3H3,(H2,22,23,24,25). The number of aromatic nitrogens is 3. The molecule has 3 aromatic rings. The van der Waals surface area contributed by atoms with Gasteiger partial charge in [-0.1, -0.05) is 17.7 Å². The lowest BCUT2D eigenvalue weighted by atomic mass is 10.2. The number of rotatable bonds is 6. The monoisotopic (exact) mass is 369 g/mol. The van der Waals surface area contributed by atoms with E-state index in [-0.39, 0.29) is 6.10 Å². The molecule has 0 bridgehead atoms. The quantitative estimate of drug-likeness (QED) is 0.629. The molecule has 0 radical (unpaired) electrons. The molecule has 0 aliphatic heterocycles. The molecule has 2 aromatic carbocycles. The van der Waals surface area contributed by atoms with Crippen LogP contribution >= 0.6 is 11.6 Å². The first-order chi connectivity index (χ1) is 12.5. The summed E-state index contributed by atoms with van der Waals surface area (Å²) in [6, 6.07) is 13.3. The van der Waals surface area contributed by atoms with Crippen molar-refractivity contribution in [3.05, 3.63) is 59.2 Å². The van der Waals surface area contributed by atoms with Crippen LogP contribution in [0.3, 0.4) is 0 Å². The summed E-state index contributed by atoms with van der Waals surface area (Å²) < 4.78 is 5.64. The minimum absolute atomic E-state index is 0.142. The molecule has 2 N–H and O–H groups in total. The normalized spacial score (nSPS) is 10.7. The number of benzene rings is 2. The average Bonchev–Trinajstić information content (AvgIpc) is 2.61. The van der Waals surface area contributed by atoms with Crippen LogP contribution in [-0.2, 0) is 0 Å². The number of ether oxygens (including phenoxy) is 1. The van der Waals surface area contributed by atoms with Crippen molar-refractivity contribution in [2.75, 3.05) is 10.6 Å². The van der Waals surface area contributed by atoms with E-state index in [1.54, 1.807) is 6.20 Å². The third-order valence-electron chi connectivity index (χ3n) is 3.57. The van der Waals surface area contributed by atoms with Gasteiger partial charge in [0.25, 0.3) is 0 Å². The molecule has 1 heterocycles. The Kier molecular flexibility index (Phi) is 5.53. The van der Waals surface area contributed by atoms with Gasteiger partial charge in [0.1, 0.15) is 5.75 Å². The van der Waals surface area contributed by atoms with Gasteiger partial charge in [0.2, 0.25) is 5.95 Å². The van der Waals surface area contributed by atoms with Crippen molar-refractivity contribution in [3.8, 4) is 5.75 Å². The van der Waals surface area contributed by atoms with E-state index in [4.69, 9.17) is 16.3 Å². The maximum absolute atomic E-state index is 6.14.